The van der Waals surface area contributed by atoms with Gasteiger partial charge in [-0.05, 0) is 30.5 Å². The maximum absolute atomic E-state index is 11.0. The van der Waals surface area contributed by atoms with E-state index in [-0.39, 0.29) is 18.6 Å². The van der Waals surface area contributed by atoms with Gasteiger partial charge < -0.3 is 15.3 Å². The lowest BCUT2D eigenvalue weighted by Gasteiger charge is -2.34. The van der Waals surface area contributed by atoms with E-state index >= 15 is 0 Å². The lowest BCUT2D eigenvalue weighted by molar-refractivity contribution is -0.119. The van der Waals surface area contributed by atoms with Crippen molar-refractivity contribution in [1.82, 2.24) is 5.32 Å². The number of rotatable bonds is 3. The van der Waals surface area contributed by atoms with Gasteiger partial charge in [-0.2, -0.15) is 0 Å². The predicted molar refractivity (Wildman–Crippen MR) is 76.4 cm³/mol. The molecule has 1 amide bonds. The highest BCUT2D eigenvalue weighted by atomic mass is 35.5. The van der Waals surface area contributed by atoms with Crippen LogP contribution in [0.4, 0.5) is 5.69 Å². The van der Waals surface area contributed by atoms with Crippen LogP contribution in [-0.4, -0.2) is 30.1 Å². The number of halogens is 1. The number of anilines is 1. The monoisotopic (exact) mass is 282 g/mol. The molecule has 0 aliphatic carbocycles. The van der Waals surface area contributed by atoms with Crippen LogP contribution in [0.15, 0.2) is 18.2 Å². The van der Waals surface area contributed by atoms with Crippen LogP contribution in [0.1, 0.15) is 25.3 Å². The fourth-order valence-corrected chi connectivity index (χ4v) is 2.67. The third kappa shape index (κ3) is 3.61. The van der Waals surface area contributed by atoms with Crippen molar-refractivity contribution in [2.45, 2.75) is 32.4 Å². The van der Waals surface area contributed by atoms with Gasteiger partial charge in [-0.15, -0.1) is 0 Å². The predicted octanol–water partition coefficient (Wildman–Crippen LogP) is 1.94. The van der Waals surface area contributed by atoms with Crippen LogP contribution in [0, 0.1) is 0 Å². The Hall–Kier alpha value is -1.26. The number of amides is 1. The van der Waals surface area contributed by atoms with E-state index in [1.165, 1.54) is 0 Å². The Kier molecular flexibility index (Phi) is 4.66. The third-order valence-corrected chi connectivity index (χ3v) is 3.83. The van der Waals surface area contributed by atoms with Crippen molar-refractivity contribution in [1.29, 1.82) is 0 Å². The van der Waals surface area contributed by atoms with Crippen molar-refractivity contribution in [3.05, 3.63) is 28.8 Å². The first-order chi connectivity index (χ1) is 9.10. The van der Waals surface area contributed by atoms with E-state index in [4.69, 9.17) is 16.7 Å². The van der Waals surface area contributed by atoms with Crippen molar-refractivity contribution in [3.63, 3.8) is 0 Å². The van der Waals surface area contributed by atoms with Gasteiger partial charge in [0.1, 0.15) is 0 Å². The molecule has 0 unspecified atom stereocenters. The summed E-state index contributed by atoms with van der Waals surface area (Å²) in [5, 5.41) is 12.7. The van der Waals surface area contributed by atoms with E-state index in [1.54, 1.807) is 6.92 Å². The molecule has 2 N–H and O–H groups in total. The number of piperidine rings is 1. The van der Waals surface area contributed by atoms with Crippen molar-refractivity contribution >= 4 is 23.2 Å². The molecule has 19 heavy (non-hydrogen) atoms. The molecule has 1 aromatic carbocycles. The maximum atomic E-state index is 11.0. The number of carbonyl (C=O) groups excluding carboxylic acids is 1. The number of carbonyl (C=O) groups is 1. The molecule has 0 saturated carbocycles. The smallest absolute Gasteiger partial charge is 0.217 e. The number of nitrogens with one attached hydrogen (secondary N) is 1. The van der Waals surface area contributed by atoms with Gasteiger partial charge in [0.2, 0.25) is 5.91 Å². The Bertz CT molecular complexity index is 457. The molecule has 1 fully saturated rings. The fraction of sp³-hybridized carbons (Fsp3) is 0.500. The SMILES string of the molecule is CC(=O)NC1CCN(c2ccc(CO)c(Cl)c2)CC1. The van der Waals surface area contributed by atoms with E-state index in [9.17, 15) is 4.79 Å². The van der Waals surface area contributed by atoms with E-state index in [2.05, 4.69) is 10.2 Å². The molecule has 0 aromatic heterocycles. The summed E-state index contributed by atoms with van der Waals surface area (Å²) in [5.41, 5.74) is 1.82. The molecule has 0 bridgehead atoms. The molecule has 5 heteroatoms. The lowest BCUT2D eigenvalue weighted by Crippen LogP contribution is -2.44. The minimum atomic E-state index is -0.0380. The van der Waals surface area contributed by atoms with Crippen LogP contribution >= 0.6 is 11.6 Å². The normalized spacial score (nSPS) is 16.5. The highest BCUT2D eigenvalue weighted by Gasteiger charge is 2.20. The summed E-state index contributed by atoms with van der Waals surface area (Å²) in [6.45, 7) is 3.32. The molecule has 0 radical (unpaired) electrons. The summed E-state index contributed by atoms with van der Waals surface area (Å²) in [6.07, 6.45) is 1.89. The van der Waals surface area contributed by atoms with Crippen LogP contribution in [0.2, 0.25) is 5.02 Å². The van der Waals surface area contributed by atoms with Crippen LogP contribution < -0.4 is 10.2 Å². The summed E-state index contributed by atoms with van der Waals surface area (Å²) in [6, 6.07) is 6.01. The van der Waals surface area contributed by atoms with Gasteiger partial charge in [-0.1, -0.05) is 17.7 Å². The molecule has 1 aromatic rings. The van der Waals surface area contributed by atoms with Crippen molar-refractivity contribution in [3.8, 4) is 0 Å². The third-order valence-electron chi connectivity index (χ3n) is 3.47. The Morgan fingerprint density at radius 3 is 2.68 bits per heavy atom. The average Bonchev–Trinajstić information content (AvgIpc) is 2.39. The molecular formula is C14H19ClN2O2. The first-order valence-corrected chi connectivity index (χ1v) is 6.89. The number of hydrogen-bond donors (Lipinski definition) is 2. The van der Waals surface area contributed by atoms with E-state index in [0.29, 0.717) is 5.02 Å². The molecule has 1 aliphatic rings. The Labute approximate surface area is 118 Å². The molecule has 1 heterocycles. The average molecular weight is 283 g/mol. The van der Waals surface area contributed by atoms with Gasteiger partial charge >= 0.3 is 0 Å². The first-order valence-electron chi connectivity index (χ1n) is 6.51. The summed E-state index contributed by atoms with van der Waals surface area (Å²) in [7, 11) is 0. The second kappa shape index (κ2) is 6.26. The number of nitrogens with zero attached hydrogens (tertiary/aromatic N) is 1. The van der Waals surface area contributed by atoms with Crippen LogP contribution in [-0.2, 0) is 11.4 Å². The quantitative estimate of drug-likeness (QED) is 0.891. The van der Waals surface area contributed by atoms with Crippen LogP contribution in [0.5, 0.6) is 0 Å². The van der Waals surface area contributed by atoms with Crippen molar-refractivity contribution < 1.29 is 9.90 Å². The lowest BCUT2D eigenvalue weighted by atomic mass is 10.0. The van der Waals surface area contributed by atoms with Crippen LogP contribution in [0.3, 0.4) is 0 Å². The topological polar surface area (TPSA) is 52.6 Å². The van der Waals surface area contributed by atoms with E-state index < -0.39 is 0 Å². The first kappa shape index (κ1) is 14.2. The fourth-order valence-electron chi connectivity index (χ4n) is 2.43. The largest absolute Gasteiger partial charge is 0.392 e. The Balaban J connectivity index is 1.97. The molecular weight excluding hydrogens is 264 g/mol. The summed E-state index contributed by atoms with van der Waals surface area (Å²) in [4.78, 5) is 13.3. The Morgan fingerprint density at radius 2 is 2.16 bits per heavy atom. The highest BCUT2D eigenvalue weighted by molar-refractivity contribution is 6.31. The second-order valence-electron chi connectivity index (χ2n) is 4.90. The Morgan fingerprint density at radius 1 is 1.47 bits per heavy atom. The number of aliphatic hydroxyl groups is 1. The molecule has 0 spiro atoms. The van der Waals surface area contributed by atoms with Crippen molar-refractivity contribution in [2.75, 3.05) is 18.0 Å². The van der Waals surface area contributed by atoms with Crippen molar-refractivity contribution in [2.24, 2.45) is 0 Å². The van der Waals surface area contributed by atoms with Gasteiger partial charge in [0, 0.05) is 36.8 Å². The van der Waals surface area contributed by atoms with Gasteiger partial charge in [-0.3, -0.25) is 4.79 Å². The minimum Gasteiger partial charge on any atom is -0.392 e. The zero-order valence-electron chi connectivity index (χ0n) is 11.0. The maximum Gasteiger partial charge on any atom is 0.217 e. The molecule has 1 saturated heterocycles. The van der Waals surface area contributed by atoms with Gasteiger partial charge in [-0.25, -0.2) is 0 Å². The molecule has 0 atom stereocenters. The zero-order chi connectivity index (χ0) is 13.8. The van der Waals surface area contributed by atoms with Gasteiger partial charge in [0.15, 0.2) is 0 Å². The van der Waals surface area contributed by atoms with E-state index in [1.807, 2.05) is 18.2 Å². The molecule has 4 nitrogen and oxygen atoms in total. The zero-order valence-corrected chi connectivity index (χ0v) is 11.8. The van der Waals surface area contributed by atoms with Crippen LogP contribution in [0.25, 0.3) is 0 Å². The summed E-state index contributed by atoms with van der Waals surface area (Å²) < 4.78 is 0. The summed E-state index contributed by atoms with van der Waals surface area (Å²) >= 11 is 6.10. The van der Waals surface area contributed by atoms with Gasteiger partial charge in [0.05, 0.1) is 6.61 Å². The number of hydrogen-bond acceptors (Lipinski definition) is 3. The van der Waals surface area contributed by atoms with Gasteiger partial charge in [0.25, 0.3) is 0 Å². The number of aliphatic hydroxyl groups excluding tert-OH is 1. The van der Waals surface area contributed by atoms with E-state index in [0.717, 1.165) is 37.2 Å². The summed E-state index contributed by atoms with van der Waals surface area (Å²) in [5.74, 6) is 0.0359. The number of benzene rings is 1. The molecule has 104 valence electrons. The minimum absolute atomic E-state index is 0.0359. The molecule has 2 rings (SSSR count). The molecule has 1 aliphatic heterocycles. The standard InChI is InChI=1S/C14H19ClN2O2/c1-10(19)16-12-4-6-17(7-5-12)13-3-2-11(9-18)14(15)8-13/h2-3,8,12,18H,4-7,9H2,1H3,(H,16,19). The highest BCUT2D eigenvalue weighted by Crippen LogP contribution is 2.26. The second-order valence-corrected chi connectivity index (χ2v) is 5.30.